The van der Waals surface area contributed by atoms with Crippen molar-refractivity contribution >= 4 is 50.5 Å². The average Bonchev–Trinajstić information content (AvgIpc) is 2.91. The van der Waals surface area contributed by atoms with E-state index >= 15 is 0 Å². The van der Waals surface area contributed by atoms with Gasteiger partial charge in [0.2, 0.25) is 0 Å². The van der Waals surface area contributed by atoms with E-state index in [0.29, 0.717) is 16.9 Å². The Morgan fingerprint density at radius 3 is 2.42 bits per heavy atom. The highest BCUT2D eigenvalue weighted by atomic mass is 35.5. The molecule has 1 aromatic carbocycles. The molecule has 0 aliphatic heterocycles. The van der Waals surface area contributed by atoms with Crippen LogP contribution < -0.4 is 10.0 Å². The van der Waals surface area contributed by atoms with Gasteiger partial charge in [-0.25, -0.2) is 13.2 Å². The smallest absolute Gasteiger partial charge is 0.346 e. The minimum Gasteiger partial charge on any atom is -0.477 e. The van der Waals surface area contributed by atoms with E-state index in [1.165, 1.54) is 31.2 Å². The third kappa shape index (κ3) is 4.54. The van der Waals surface area contributed by atoms with Gasteiger partial charge < -0.3 is 10.4 Å². The van der Waals surface area contributed by atoms with Gasteiger partial charge >= 0.3 is 5.97 Å². The van der Waals surface area contributed by atoms with Gasteiger partial charge in [0.15, 0.2) is 0 Å². The molecule has 26 heavy (non-hydrogen) atoms. The van der Waals surface area contributed by atoms with Crippen LogP contribution in [-0.4, -0.2) is 31.4 Å². The summed E-state index contributed by atoms with van der Waals surface area (Å²) in [4.78, 5) is 23.1. The fourth-order valence-electron chi connectivity index (χ4n) is 2.08. The van der Waals surface area contributed by atoms with Crippen molar-refractivity contribution in [3.63, 3.8) is 0 Å². The fraction of sp³-hybridized carbons (Fsp3) is 0.250. The molecule has 7 nitrogen and oxygen atoms in total. The summed E-state index contributed by atoms with van der Waals surface area (Å²) in [6.07, 6.45) is 0. The van der Waals surface area contributed by atoms with Crippen molar-refractivity contribution in [3.05, 3.63) is 45.3 Å². The van der Waals surface area contributed by atoms with Crippen molar-refractivity contribution in [2.75, 3.05) is 4.72 Å². The van der Waals surface area contributed by atoms with E-state index in [4.69, 9.17) is 16.7 Å². The molecular formula is C16H17ClN2O5S2. The SMILES string of the molecule is Cc1cc(S(=O)(=O)Nc2cc(C(=O)NC(C)C)ccc2Cl)sc1C(=O)O. The molecule has 0 unspecified atom stereocenters. The molecule has 0 fully saturated rings. The second kappa shape index (κ2) is 7.65. The van der Waals surface area contributed by atoms with Crippen LogP contribution in [0.2, 0.25) is 5.02 Å². The topological polar surface area (TPSA) is 113 Å². The van der Waals surface area contributed by atoms with Crippen LogP contribution in [0.1, 0.15) is 39.4 Å². The number of rotatable bonds is 6. The molecule has 0 aliphatic rings. The van der Waals surface area contributed by atoms with Crippen molar-refractivity contribution in [2.24, 2.45) is 0 Å². The number of aryl methyl sites for hydroxylation is 1. The number of amides is 1. The van der Waals surface area contributed by atoms with Crippen molar-refractivity contribution in [1.29, 1.82) is 0 Å². The lowest BCUT2D eigenvalue weighted by molar-refractivity contribution is 0.0701. The zero-order chi connectivity index (χ0) is 19.6. The predicted octanol–water partition coefficient (Wildman–Crippen LogP) is 3.35. The molecule has 0 radical (unpaired) electrons. The first-order valence-electron chi connectivity index (χ1n) is 7.48. The van der Waals surface area contributed by atoms with Crippen LogP contribution in [0.3, 0.4) is 0 Å². The minimum atomic E-state index is -4.05. The first-order valence-corrected chi connectivity index (χ1v) is 10.2. The Kier molecular flexibility index (Phi) is 5.94. The van der Waals surface area contributed by atoms with Crippen molar-refractivity contribution < 1.29 is 23.1 Å². The molecule has 3 N–H and O–H groups in total. The van der Waals surface area contributed by atoms with Crippen LogP contribution in [0.15, 0.2) is 28.5 Å². The van der Waals surface area contributed by atoms with Crippen LogP contribution in [-0.2, 0) is 10.0 Å². The number of carbonyl (C=O) groups excluding carboxylic acids is 1. The Bertz CT molecular complexity index is 967. The average molecular weight is 417 g/mol. The second-order valence-corrected chi connectivity index (χ2v) is 9.18. The standard InChI is InChI=1S/C16H17ClN2O5S2/c1-8(2)18-15(20)10-4-5-11(17)12(7-10)19-26(23,24)13-6-9(3)14(25-13)16(21)22/h4-8,19H,1-3H3,(H,18,20)(H,21,22). The number of carboxylic acids is 1. The summed E-state index contributed by atoms with van der Waals surface area (Å²) < 4.78 is 27.3. The van der Waals surface area contributed by atoms with Crippen LogP contribution in [0.5, 0.6) is 0 Å². The molecule has 0 aliphatic carbocycles. The molecule has 1 heterocycles. The molecule has 0 saturated carbocycles. The number of hydrogen-bond acceptors (Lipinski definition) is 5. The van der Waals surface area contributed by atoms with E-state index < -0.39 is 16.0 Å². The number of benzene rings is 1. The summed E-state index contributed by atoms with van der Waals surface area (Å²) >= 11 is 6.68. The molecule has 0 bridgehead atoms. The lowest BCUT2D eigenvalue weighted by atomic mass is 10.2. The largest absolute Gasteiger partial charge is 0.477 e. The van der Waals surface area contributed by atoms with Crippen LogP contribution in [0.4, 0.5) is 5.69 Å². The first-order chi connectivity index (χ1) is 12.0. The number of nitrogens with one attached hydrogen (secondary N) is 2. The normalized spacial score (nSPS) is 11.4. The number of aromatic carboxylic acids is 1. The van der Waals surface area contributed by atoms with Gasteiger partial charge in [0.1, 0.15) is 9.09 Å². The van der Waals surface area contributed by atoms with Gasteiger partial charge in [-0.15, -0.1) is 11.3 Å². The molecule has 140 valence electrons. The first kappa shape index (κ1) is 20.2. The molecule has 1 aromatic heterocycles. The maximum atomic E-state index is 12.5. The summed E-state index contributed by atoms with van der Waals surface area (Å²) in [6, 6.07) is 5.42. The van der Waals surface area contributed by atoms with E-state index in [-0.39, 0.29) is 37.3 Å². The van der Waals surface area contributed by atoms with Crippen molar-refractivity contribution in [2.45, 2.75) is 31.0 Å². The van der Waals surface area contributed by atoms with Gasteiger partial charge in [0, 0.05) is 11.6 Å². The second-order valence-electron chi connectivity index (χ2n) is 5.81. The fourth-order valence-corrected chi connectivity index (χ4v) is 4.75. The van der Waals surface area contributed by atoms with Crippen LogP contribution in [0, 0.1) is 6.92 Å². The maximum absolute atomic E-state index is 12.5. The minimum absolute atomic E-state index is 0.0333. The highest BCUT2D eigenvalue weighted by Crippen LogP contribution is 2.30. The Balaban J connectivity index is 2.36. The Morgan fingerprint density at radius 1 is 1.23 bits per heavy atom. The van der Waals surface area contributed by atoms with Gasteiger partial charge in [-0.3, -0.25) is 9.52 Å². The van der Waals surface area contributed by atoms with E-state index in [2.05, 4.69) is 10.0 Å². The van der Waals surface area contributed by atoms with Gasteiger partial charge in [0.25, 0.3) is 15.9 Å². The van der Waals surface area contributed by atoms with E-state index in [1.807, 2.05) is 0 Å². The predicted molar refractivity (Wildman–Crippen MR) is 101 cm³/mol. The monoisotopic (exact) mass is 416 g/mol. The molecule has 1 amide bonds. The summed E-state index contributed by atoms with van der Waals surface area (Å²) in [5.74, 6) is -1.56. The zero-order valence-electron chi connectivity index (χ0n) is 14.2. The third-order valence-corrected chi connectivity index (χ3v) is 6.64. The molecule has 2 rings (SSSR count). The van der Waals surface area contributed by atoms with Crippen LogP contribution >= 0.6 is 22.9 Å². The number of anilines is 1. The Hall–Kier alpha value is -2.10. The molecule has 0 atom stereocenters. The summed E-state index contributed by atoms with van der Waals surface area (Å²) in [5, 5.41) is 11.9. The molecule has 10 heteroatoms. The molecule has 2 aromatic rings. The summed E-state index contributed by atoms with van der Waals surface area (Å²) in [7, 11) is -4.05. The quantitative estimate of drug-likeness (QED) is 0.668. The zero-order valence-corrected chi connectivity index (χ0v) is 16.6. The molecular weight excluding hydrogens is 400 g/mol. The van der Waals surface area contributed by atoms with Gasteiger partial charge in [-0.1, -0.05) is 11.6 Å². The lowest BCUT2D eigenvalue weighted by Gasteiger charge is -2.12. The number of carboxylic acid groups (broad SMARTS) is 1. The maximum Gasteiger partial charge on any atom is 0.346 e. The van der Waals surface area contributed by atoms with Gasteiger partial charge in [-0.2, -0.15) is 0 Å². The number of halogens is 1. The van der Waals surface area contributed by atoms with Crippen molar-refractivity contribution in [3.8, 4) is 0 Å². The van der Waals surface area contributed by atoms with Gasteiger partial charge in [0.05, 0.1) is 10.7 Å². The highest BCUT2D eigenvalue weighted by Gasteiger charge is 2.23. The Labute approximate surface area is 160 Å². The number of thiophene rings is 1. The number of hydrogen-bond donors (Lipinski definition) is 3. The van der Waals surface area contributed by atoms with Crippen molar-refractivity contribution in [1.82, 2.24) is 5.32 Å². The van der Waals surface area contributed by atoms with Crippen LogP contribution in [0.25, 0.3) is 0 Å². The number of sulfonamides is 1. The number of carbonyl (C=O) groups is 2. The van der Waals surface area contributed by atoms with Gasteiger partial charge in [-0.05, 0) is 50.6 Å². The van der Waals surface area contributed by atoms with E-state index in [1.54, 1.807) is 13.8 Å². The molecule has 0 spiro atoms. The highest BCUT2D eigenvalue weighted by molar-refractivity contribution is 7.94. The molecule has 0 saturated heterocycles. The summed E-state index contributed by atoms with van der Waals surface area (Å²) in [6.45, 7) is 5.12. The lowest BCUT2D eigenvalue weighted by Crippen LogP contribution is -2.30. The summed E-state index contributed by atoms with van der Waals surface area (Å²) in [5.41, 5.74) is 0.624. The Morgan fingerprint density at radius 2 is 1.88 bits per heavy atom. The van der Waals surface area contributed by atoms with E-state index in [0.717, 1.165) is 0 Å². The van der Waals surface area contributed by atoms with E-state index in [9.17, 15) is 18.0 Å². The third-order valence-electron chi connectivity index (χ3n) is 3.25.